The Bertz CT molecular complexity index is 672. The maximum absolute atomic E-state index is 12.3. The van der Waals surface area contributed by atoms with E-state index < -0.39 is 0 Å². The second-order valence-corrected chi connectivity index (χ2v) is 5.49. The quantitative estimate of drug-likeness (QED) is 0.877. The highest BCUT2D eigenvalue weighted by Gasteiger charge is 2.19. The molecule has 1 aromatic carbocycles. The molecule has 0 amide bonds. The lowest BCUT2D eigenvalue weighted by molar-refractivity contribution is 0.392. The summed E-state index contributed by atoms with van der Waals surface area (Å²) in [4.78, 5) is 12.3. The highest BCUT2D eigenvalue weighted by Crippen LogP contribution is 2.27. The number of hydrogen-bond donors (Lipinski definition) is 1. The minimum Gasteiger partial charge on any atom is -0.460 e. The van der Waals surface area contributed by atoms with Crippen molar-refractivity contribution in [2.24, 2.45) is 0 Å². The Kier molecular flexibility index (Phi) is 4.51. The Morgan fingerprint density at radius 1 is 1.15 bits per heavy atom. The maximum atomic E-state index is 12.3. The van der Waals surface area contributed by atoms with Crippen LogP contribution in [0.25, 0.3) is 11.0 Å². The monoisotopic (exact) mass is 293 g/mol. The molecule has 1 fully saturated rings. The van der Waals surface area contributed by atoms with Crippen LogP contribution in [0, 0.1) is 13.8 Å². The van der Waals surface area contributed by atoms with Crippen LogP contribution in [-0.4, -0.2) is 13.1 Å². The molecule has 2 aromatic rings. The van der Waals surface area contributed by atoms with Gasteiger partial charge in [0.1, 0.15) is 11.3 Å². The zero-order valence-corrected chi connectivity index (χ0v) is 12.7. The van der Waals surface area contributed by atoms with Gasteiger partial charge in [0.05, 0.1) is 5.39 Å². The number of aryl methyl sites for hydroxylation is 2. The van der Waals surface area contributed by atoms with Crippen LogP contribution in [0.15, 0.2) is 27.4 Å². The summed E-state index contributed by atoms with van der Waals surface area (Å²) in [6.45, 7) is 6.00. The predicted octanol–water partition coefficient (Wildman–Crippen LogP) is 3.30. The van der Waals surface area contributed by atoms with Crippen LogP contribution in [-0.2, 0) is 0 Å². The molecule has 1 aliphatic rings. The largest absolute Gasteiger partial charge is 0.460 e. The smallest absolute Gasteiger partial charge is 0.193 e. The lowest BCUT2D eigenvalue weighted by Gasteiger charge is -2.21. The van der Waals surface area contributed by atoms with Gasteiger partial charge in [-0.25, -0.2) is 0 Å². The second-order valence-electron chi connectivity index (χ2n) is 5.49. The van der Waals surface area contributed by atoms with E-state index in [0.29, 0.717) is 5.92 Å². The number of fused-ring (bicyclic) bond motifs is 1. The summed E-state index contributed by atoms with van der Waals surface area (Å²) < 4.78 is 6.02. The molecule has 0 radical (unpaired) electrons. The third-order valence-electron chi connectivity index (χ3n) is 3.93. The van der Waals surface area contributed by atoms with Crippen molar-refractivity contribution in [3.63, 3.8) is 0 Å². The molecule has 0 aliphatic carbocycles. The molecule has 0 atom stereocenters. The van der Waals surface area contributed by atoms with Gasteiger partial charge in [0, 0.05) is 12.0 Å². The van der Waals surface area contributed by atoms with Crippen molar-refractivity contribution < 1.29 is 4.42 Å². The van der Waals surface area contributed by atoms with E-state index in [4.69, 9.17) is 4.42 Å². The van der Waals surface area contributed by atoms with Gasteiger partial charge in [0.15, 0.2) is 5.43 Å². The van der Waals surface area contributed by atoms with Gasteiger partial charge in [-0.1, -0.05) is 6.07 Å². The fourth-order valence-electron chi connectivity index (χ4n) is 2.99. The van der Waals surface area contributed by atoms with Crippen LogP contribution in [0.2, 0.25) is 0 Å². The molecule has 0 spiro atoms. The van der Waals surface area contributed by atoms with Crippen molar-refractivity contribution in [2.75, 3.05) is 13.1 Å². The molecule has 20 heavy (non-hydrogen) atoms. The van der Waals surface area contributed by atoms with Crippen molar-refractivity contribution in [1.29, 1.82) is 0 Å². The molecule has 1 saturated heterocycles. The summed E-state index contributed by atoms with van der Waals surface area (Å²) in [5.41, 5.74) is 2.96. The van der Waals surface area contributed by atoms with E-state index in [0.717, 1.165) is 53.8 Å². The molecule has 3 nitrogen and oxygen atoms in total. The highest BCUT2D eigenvalue weighted by molar-refractivity contribution is 5.85. The molecular weight excluding hydrogens is 274 g/mol. The van der Waals surface area contributed by atoms with Gasteiger partial charge < -0.3 is 9.73 Å². The number of nitrogens with one attached hydrogen (secondary N) is 1. The summed E-state index contributed by atoms with van der Waals surface area (Å²) in [7, 11) is 0. The van der Waals surface area contributed by atoms with Crippen molar-refractivity contribution in [3.8, 4) is 0 Å². The Morgan fingerprint density at radius 3 is 2.55 bits per heavy atom. The van der Waals surface area contributed by atoms with E-state index >= 15 is 0 Å². The first kappa shape index (κ1) is 15.1. The van der Waals surface area contributed by atoms with Gasteiger partial charge in [0.25, 0.3) is 0 Å². The number of rotatable bonds is 1. The molecule has 0 unspecified atom stereocenters. The molecule has 4 heteroatoms. The van der Waals surface area contributed by atoms with Gasteiger partial charge >= 0.3 is 0 Å². The number of piperidine rings is 1. The van der Waals surface area contributed by atoms with Crippen LogP contribution in [0.4, 0.5) is 0 Å². The third-order valence-corrected chi connectivity index (χ3v) is 3.93. The van der Waals surface area contributed by atoms with E-state index in [2.05, 4.69) is 5.32 Å². The third kappa shape index (κ3) is 2.74. The fourth-order valence-corrected chi connectivity index (χ4v) is 2.99. The predicted molar refractivity (Wildman–Crippen MR) is 84.1 cm³/mol. The lowest BCUT2D eigenvalue weighted by atomic mass is 9.94. The molecule has 1 N–H and O–H groups in total. The maximum Gasteiger partial charge on any atom is 0.193 e. The van der Waals surface area contributed by atoms with Crippen molar-refractivity contribution in [2.45, 2.75) is 32.6 Å². The average Bonchev–Trinajstić information content (AvgIpc) is 2.38. The van der Waals surface area contributed by atoms with E-state index in [1.54, 1.807) is 6.07 Å². The van der Waals surface area contributed by atoms with E-state index in [1.165, 1.54) is 0 Å². The van der Waals surface area contributed by atoms with Crippen LogP contribution in [0.3, 0.4) is 0 Å². The molecular formula is C16H20ClNO2. The van der Waals surface area contributed by atoms with Gasteiger partial charge in [0.2, 0.25) is 0 Å². The normalized spacial score (nSPS) is 16.1. The first-order valence-corrected chi connectivity index (χ1v) is 6.91. The standard InChI is InChI=1S/C16H19NO2.ClH/c1-10-7-11(2)16-13(18)9-14(19-15(16)8-10)12-3-5-17-6-4-12;/h7-9,12,17H,3-6H2,1-2H3;1H. The summed E-state index contributed by atoms with van der Waals surface area (Å²) >= 11 is 0. The van der Waals surface area contributed by atoms with Gasteiger partial charge in [-0.15, -0.1) is 12.4 Å². The molecule has 2 heterocycles. The van der Waals surface area contributed by atoms with Crippen molar-refractivity contribution in [1.82, 2.24) is 5.32 Å². The van der Waals surface area contributed by atoms with Crippen molar-refractivity contribution >= 4 is 23.4 Å². The minimum absolute atomic E-state index is 0. The van der Waals surface area contributed by atoms with E-state index in [1.807, 2.05) is 26.0 Å². The lowest BCUT2D eigenvalue weighted by Crippen LogP contribution is -2.27. The molecule has 108 valence electrons. The zero-order valence-electron chi connectivity index (χ0n) is 11.9. The van der Waals surface area contributed by atoms with E-state index in [-0.39, 0.29) is 17.8 Å². The Hall–Kier alpha value is -1.32. The van der Waals surface area contributed by atoms with Crippen LogP contribution in [0.1, 0.15) is 35.6 Å². The molecule has 3 rings (SSSR count). The van der Waals surface area contributed by atoms with Gasteiger partial charge in [-0.3, -0.25) is 4.79 Å². The first-order chi connectivity index (χ1) is 9.15. The number of benzene rings is 1. The summed E-state index contributed by atoms with van der Waals surface area (Å²) in [5.74, 6) is 1.23. The highest BCUT2D eigenvalue weighted by atomic mass is 35.5. The molecule has 0 saturated carbocycles. The number of hydrogen-bond acceptors (Lipinski definition) is 3. The van der Waals surface area contributed by atoms with Crippen LogP contribution >= 0.6 is 12.4 Å². The topological polar surface area (TPSA) is 42.2 Å². The Morgan fingerprint density at radius 2 is 1.85 bits per heavy atom. The van der Waals surface area contributed by atoms with Crippen molar-refractivity contribution in [3.05, 3.63) is 45.3 Å². The van der Waals surface area contributed by atoms with Crippen LogP contribution < -0.4 is 10.7 Å². The van der Waals surface area contributed by atoms with Crippen LogP contribution in [0.5, 0.6) is 0 Å². The summed E-state index contributed by atoms with van der Waals surface area (Å²) in [6, 6.07) is 5.69. The Labute approximate surface area is 124 Å². The SMILES string of the molecule is Cc1cc(C)c2c(=O)cc(C3CCNCC3)oc2c1.Cl. The van der Waals surface area contributed by atoms with E-state index in [9.17, 15) is 4.79 Å². The van der Waals surface area contributed by atoms with Gasteiger partial charge in [-0.05, 0) is 57.0 Å². The number of halogens is 1. The molecule has 1 aliphatic heterocycles. The first-order valence-electron chi connectivity index (χ1n) is 6.91. The summed E-state index contributed by atoms with van der Waals surface area (Å²) in [6.07, 6.45) is 2.08. The average molecular weight is 294 g/mol. The molecule has 1 aromatic heterocycles. The molecule has 0 bridgehead atoms. The fraction of sp³-hybridized carbons (Fsp3) is 0.438. The zero-order chi connectivity index (χ0) is 13.4. The summed E-state index contributed by atoms with van der Waals surface area (Å²) in [5, 5.41) is 4.06. The second kappa shape index (κ2) is 5.98. The Balaban J connectivity index is 0.00000147. The minimum atomic E-state index is 0. The van der Waals surface area contributed by atoms with Gasteiger partial charge in [-0.2, -0.15) is 0 Å².